The molecule has 0 rings (SSSR count). The minimum atomic E-state index is -3.49. The standard InChI is InChI=1S/C8H17O5P/c1-4-7(8(9)10)14(11,12-5-2)13-6-3/h7H,4-6H2,1-3H3,(H,9,10)/t7-/m0/s1. The second-order valence-electron chi connectivity index (χ2n) is 2.64. The van der Waals surface area contributed by atoms with E-state index in [0.29, 0.717) is 0 Å². The molecule has 1 atom stereocenters. The van der Waals surface area contributed by atoms with Gasteiger partial charge in [-0.2, -0.15) is 0 Å². The maximum atomic E-state index is 12.0. The number of rotatable bonds is 7. The zero-order chi connectivity index (χ0) is 11.2. The maximum Gasteiger partial charge on any atom is 0.344 e. The summed E-state index contributed by atoms with van der Waals surface area (Å²) in [6, 6.07) is 0. The van der Waals surface area contributed by atoms with E-state index in [0.717, 1.165) is 0 Å². The van der Waals surface area contributed by atoms with Crippen LogP contribution in [0, 0.1) is 0 Å². The summed E-state index contributed by atoms with van der Waals surface area (Å²) in [5.74, 6) is -1.14. The molecule has 0 aromatic heterocycles. The van der Waals surface area contributed by atoms with Crippen molar-refractivity contribution in [3.05, 3.63) is 0 Å². The number of aliphatic carboxylic acids is 1. The third-order valence-electron chi connectivity index (χ3n) is 1.67. The average molecular weight is 224 g/mol. The Bertz CT molecular complexity index is 218. The van der Waals surface area contributed by atoms with E-state index < -0.39 is 19.2 Å². The molecule has 14 heavy (non-hydrogen) atoms. The largest absolute Gasteiger partial charge is 0.481 e. The summed E-state index contributed by atoms with van der Waals surface area (Å²) in [4.78, 5) is 10.8. The molecule has 0 aromatic carbocycles. The van der Waals surface area contributed by atoms with Crippen molar-refractivity contribution in [2.24, 2.45) is 0 Å². The highest BCUT2D eigenvalue weighted by Gasteiger charge is 2.39. The van der Waals surface area contributed by atoms with Crippen LogP contribution in [0.25, 0.3) is 0 Å². The fraction of sp³-hybridized carbons (Fsp3) is 0.875. The van der Waals surface area contributed by atoms with Gasteiger partial charge in [0.2, 0.25) is 0 Å². The fourth-order valence-corrected chi connectivity index (χ4v) is 2.98. The molecule has 0 bridgehead atoms. The summed E-state index contributed by atoms with van der Waals surface area (Å²) in [5, 5.41) is 8.83. The number of carboxylic acids is 1. The molecule has 0 aromatic rings. The van der Waals surface area contributed by atoms with Crippen LogP contribution < -0.4 is 0 Å². The van der Waals surface area contributed by atoms with Gasteiger partial charge in [0.1, 0.15) is 0 Å². The highest BCUT2D eigenvalue weighted by Crippen LogP contribution is 2.54. The Labute approximate surface area is 83.9 Å². The summed E-state index contributed by atoms with van der Waals surface area (Å²) in [6.07, 6.45) is 0.229. The Morgan fingerprint density at radius 3 is 1.93 bits per heavy atom. The van der Waals surface area contributed by atoms with Crippen LogP contribution in [0.3, 0.4) is 0 Å². The van der Waals surface area contributed by atoms with Gasteiger partial charge in [0.25, 0.3) is 0 Å². The van der Waals surface area contributed by atoms with Crippen LogP contribution in [-0.2, 0) is 18.4 Å². The summed E-state index contributed by atoms with van der Waals surface area (Å²) >= 11 is 0. The zero-order valence-corrected chi connectivity index (χ0v) is 9.62. The van der Waals surface area contributed by atoms with Crippen LogP contribution in [-0.4, -0.2) is 29.9 Å². The highest BCUT2D eigenvalue weighted by atomic mass is 31.2. The van der Waals surface area contributed by atoms with Crippen LogP contribution in [0.1, 0.15) is 27.2 Å². The molecule has 0 aliphatic rings. The monoisotopic (exact) mass is 224 g/mol. The molecule has 6 heteroatoms. The number of hydrogen-bond acceptors (Lipinski definition) is 4. The normalized spacial score (nSPS) is 13.9. The Hall–Kier alpha value is -0.380. The van der Waals surface area contributed by atoms with Gasteiger partial charge in [-0.15, -0.1) is 0 Å². The highest BCUT2D eigenvalue weighted by molar-refractivity contribution is 7.55. The number of carboxylic acid groups (broad SMARTS) is 1. The maximum absolute atomic E-state index is 12.0. The SMILES string of the molecule is CCOP(=O)(OCC)[C@@H](CC)C(=O)O. The lowest BCUT2D eigenvalue weighted by molar-refractivity contribution is -0.137. The first kappa shape index (κ1) is 13.6. The van der Waals surface area contributed by atoms with Gasteiger partial charge < -0.3 is 14.2 Å². The smallest absolute Gasteiger partial charge is 0.344 e. The van der Waals surface area contributed by atoms with Gasteiger partial charge in [-0.3, -0.25) is 9.36 Å². The summed E-state index contributed by atoms with van der Waals surface area (Å²) in [6.45, 7) is 5.31. The van der Waals surface area contributed by atoms with Crippen LogP contribution in [0.2, 0.25) is 0 Å². The Balaban J connectivity index is 4.76. The second kappa shape index (κ2) is 6.17. The first-order valence-corrected chi connectivity index (χ1v) is 6.24. The first-order valence-electron chi connectivity index (χ1n) is 4.63. The molecule has 0 spiro atoms. The third kappa shape index (κ3) is 3.40. The van der Waals surface area contributed by atoms with Crippen molar-refractivity contribution < 1.29 is 23.5 Å². The Morgan fingerprint density at radius 1 is 1.29 bits per heavy atom. The van der Waals surface area contributed by atoms with E-state index >= 15 is 0 Å². The van der Waals surface area contributed by atoms with Crippen LogP contribution in [0.5, 0.6) is 0 Å². The van der Waals surface area contributed by atoms with Crippen molar-refractivity contribution in [1.29, 1.82) is 0 Å². The molecule has 0 aliphatic heterocycles. The van der Waals surface area contributed by atoms with E-state index in [1.165, 1.54) is 0 Å². The molecule has 0 heterocycles. The number of hydrogen-bond donors (Lipinski definition) is 1. The van der Waals surface area contributed by atoms with Crippen LogP contribution >= 0.6 is 7.60 Å². The molecule has 0 fully saturated rings. The molecule has 84 valence electrons. The zero-order valence-electron chi connectivity index (χ0n) is 8.73. The average Bonchev–Trinajstić information content (AvgIpc) is 2.04. The predicted molar refractivity (Wildman–Crippen MR) is 52.6 cm³/mol. The summed E-state index contributed by atoms with van der Waals surface area (Å²) < 4.78 is 21.8. The molecule has 0 aliphatic carbocycles. The van der Waals surface area contributed by atoms with Crippen molar-refractivity contribution in [2.75, 3.05) is 13.2 Å². The Morgan fingerprint density at radius 2 is 1.71 bits per heavy atom. The molecular weight excluding hydrogens is 207 g/mol. The predicted octanol–water partition coefficient (Wildman–Crippen LogP) is 2.12. The van der Waals surface area contributed by atoms with E-state index in [1.54, 1.807) is 20.8 Å². The van der Waals surface area contributed by atoms with Gasteiger partial charge in [0, 0.05) is 0 Å². The topological polar surface area (TPSA) is 72.8 Å². The summed E-state index contributed by atoms with van der Waals surface area (Å²) in [7, 11) is -3.49. The quantitative estimate of drug-likeness (QED) is 0.670. The molecule has 0 saturated carbocycles. The molecule has 0 radical (unpaired) electrons. The third-order valence-corrected chi connectivity index (χ3v) is 4.26. The lowest BCUT2D eigenvalue weighted by Crippen LogP contribution is -2.22. The second-order valence-corrected chi connectivity index (χ2v) is 4.86. The lowest BCUT2D eigenvalue weighted by Gasteiger charge is -2.21. The Kier molecular flexibility index (Phi) is 6.00. The van der Waals surface area contributed by atoms with E-state index in [4.69, 9.17) is 14.2 Å². The molecule has 0 amide bonds. The van der Waals surface area contributed by atoms with Gasteiger partial charge in [0.15, 0.2) is 5.66 Å². The van der Waals surface area contributed by atoms with Gasteiger partial charge in [-0.1, -0.05) is 6.92 Å². The van der Waals surface area contributed by atoms with Gasteiger partial charge in [-0.05, 0) is 20.3 Å². The van der Waals surface area contributed by atoms with Gasteiger partial charge in [0.05, 0.1) is 13.2 Å². The van der Waals surface area contributed by atoms with Gasteiger partial charge >= 0.3 is 13.6 Å². The van der Waals surface area contributed by atoms with Crippen LogP contribution in [0.4, 0.5) is 0 Å². The van der Waals surface area contributed by atoms with Gasteiger partial charge in [-0.25, -0.2) is 0 Å². The van der Waals surface area contributed by atoms with Crippen molar-refractivity contribution >= 4 is 13.6 Å². The van der Waals surface area contributed by atoms with Crippen molar-refractivity contribution in [3.8, 4) is 0 Å². The fourth-order valence-electron chi connectivity index (χ4n) is 1.11. The molecule has 5 nitrogen and oxygen atoms in total. The first-order chi connectivity index (χ1) is 6.51. The van der Waals surface area contributed by atoms with Crippen molar-refractivity contribution in [2.45, 2.75) is 32.9 Å². The van der Waals surface area contributed by atoms with Crippen LogP contribution in [0.15, 0.2) is 0 Å². The molecular formula is C8H17O5P. The minimum Gasteiger partial charge on any atom is -0.481 e. The lowest BCUT2D eigenvalue weighted by atomic mass is 10.3. The molecule has 1 N–H and O–H groups in total. The minimum absolute atomic E-state index is 0.182. The molecule has 0 saturated heterocycles. The van der Waals surface area contributed by atoms with Crippen molar-refractivity contribution in [3.63, 3.8) is 0 Å². The van der Waals surface area contributed by atoms with E-state index in [1.807, 2.05) is 0 Å². The van der Waals surface area contributed by atoms with E-state index in [2.05, 4.69) is 0 Å². The molecule has 0 unspecified atom stereocenters. The van der Waals surface area contributed by atoms with E-state index in [-0.39, 0.29) is 19.6 Å². The summed E-state index contributed by atoms with van der Waals surface area (Å²) in [5.41, 5.74) is -1.07. The number of carbonyl (C=O) groups is 1. The van der Waals surface area contributed by atoms with Crippen molar-refractivity contribution in [1.82, 2.24) is 0 Å². The van der Waals surface area contributed by atoms with E-state index in [9.17, 15) is 9.36 Å².